The summed E-state index contributed by atoms with van der Waals surface area (Å²) in [5.74, 6) is 0.756. The Balaban J connectivity index is 2.07. The van der Waals surface area contributed by atoms with Crippen molar-refractivity contribution in [2.24, 2.45) is 0 Å². The second-order valence-electron chi connectivity index (χ2n) is 3.19. The molecule has 0 radical (unpaired) electrons. The molecule has 0 saturated carbocycles. The van der Waals surface area contributed by atoms with E-state index in [4.69, 9.17) is 4.74 Å². The molecule has 0 atom stereocenters. The van der Waals surface area contributed by atoms with Crippen molar-refractivity contribution in [1.82, 2.24) is 19.5 Å². The third-order valence-electron chi connectivity index (χ3n) is 2.07. The van der Waals surface area contributed by atoms with Crippen molar-refractivity contribution in [2.45, 2.75) is 6.54 Å². The summed E-state index contributed by atoms with van der Waals surface area (Å²) in [7, 11) is 1.68. The van der Waals surface area contributed by atoms with E-state index in [9.17, 15) is 0 Å². The molecule has 0 aromatic carbocycles. The van der Waals surface area contributed by atoms with Crippen molar-refractivity contribution >= 4 is 11.6 Å². The highest BCUT2D eigenvalue weighted by Crippen LogP contribution is 2.11. The first-order chi connectivity index (χ1) is 7.90. The molecule has 6 nitrogen and oxygen atoms in total. The van der Waals surface area contributed by atoms with E-state index < -0.39 is 0 Å². The summed E-state index contributed by atoms with van der Waals surface area (Å²) in [4.78, 5) is 12.0. The molecular formula is C10H13N5O. The van der Waals surface area contributed by atoms with Gasteiger partial charge in [0.25, 0.3) is 0 Å². The minimum absolute atomic E-state index is 0.649. The molecule has 2 rings (SSSR count). The molecular weight excluding hydrogens is 206 g/mol. The fraction of sp³-hybridized carbons (Fsp3) is 0.300. The third-order valence-corrected chi connectivity index (χ3v) is 2.07. The van der Waals surface area contributed by atoms with Crippen molar-refractivity contribution in [3.63, 3.8) is 0 Å². The highest BCUT2D eigenvalue weighted by atomic mass is 16.5. The van der Waals surface area contributed by atoms with Gasteiger partial charge in [-0.25, -0.2) is 15.0 Å². The molecule has 0 aliphatic heterocycles. The summed E-state index contributed by atoms with van der Waals surface area (Å²) in [5.41, 5.74) is 0.812. The van der Waals surface area contributed by atoms with Gasteiger partial charge in [0.15, 0.2) is 0 Å². The molecule has 0 aliphatic rings. The average molecular weight is 219 g/mol. The van der Waals surface area contributed by atoms with Crippen molar-refractivity contribution in [3.05, 3.63) is 31.1 Å². The standard InChI is InChI=1S/C10H13N5O/c1-16-5-4-15-3-2-13-10(15)14-9-6-11-8-12-7-9/h2-3,6-8H,4-5H2,1H3,(H,13,14). The van der Waals surface area contributed by atoms with Gasteiger partial charge in [-0.3, -0.25) is 0 Å². The highest BCUT2D eigenvalue weighted by Gasteiger charge is 2.02. The molecule has 2 heterocycles. The summed E-state index contributed by atoms with van der Waals surface area (Å²) >= 11 is 0. The van der Waals surface area contributed by atoms with Crippen LogP contribution in [0.15, 0.2) is 31.1 Å². The number of imidazole rings is 1. The van der Waals surface area contributed by atoms with Gasteiger partial charge < -0.3 is 14.6 Å². The van der Waals surface area contributed by atoms with E-state index in [1.54, 1.807) is 25.7 Å². The van der Waals surface area contributed by atoms with E-state index in [0.29, 0.717) is 6.61 Å². The number of ether oxygens (including phenoxy) is 1. The smallest absolute Gasteiger partial charge is 0.207 e. The number of hydrogen-bond acceptors (Lipinski definition) is 5. The maximum atomic E-state index is 5.02. The van der Waals surface area contributed by atoms with Crippen LogP contribution in [0.1, 0.15) is 0 Å². The Bertz CT molecular complexity index is 428. The Hall–Kier alpha value is -1.95. The first-order valence-corrected chi connectivity index (χ1v) is 4.92. The van der Waals surface area contributed by atoms with Crippen molar-refractivity contribution < 1.29 is 4.74 Å². The predicted molar refractivity (Wildman–Crippen MR) is 59.4 cm³/mol. The van der Waals surface area contributed by atoms with Crippen LogP contribution in [0.5, 0.6) is 0 Å². The van der Waals surface area contributed by atoms with Crippen LogP contribution in [-0.4, -0.2) is 33.2 Å². The lowest BCUT2D eigenvalue weighted by Gasteiger charge is -2.08. The molecule has 0 fully saturated rings. The summed E-state index contributed by atoms with van der Waals surface area (Å²) in [5, 5.41) is 3.13. The zero-order valence-corrected chi connectivity index (χ0v) is 9.00. The van der Waals surface area contributed by atoms with E-state index >= 15 is 0 Å². The van der Waals surface area contributed by atoms with E-state index in [-0.39, 0.29) is 0 Å². The van der Waals surface area contributed by atoms with Gasteiger partial charge in [0.05, 0.1) is 24.7 Å². The molecule has 0 aliphatic carbocycles. The van der Waals surface area contributed by atoms with Crippen molar-refractivity contribution in [3.8, 4) is 0 Å². The van der Waals surface area contributed by atoms with Gasteiger partial charge in [-0.2, -0.15) is 0 Å². The monoisotopic (exact) mass is 219 g/mol. The third kappa shape index (κ3) is 2.54. The Labute approximate surface area is 93.3 Å². The van der Waals surface area contributed by atoms with Gasteiger partial charge in [-0.05, 0) is 0 Å². The lowest BCUT2D eigenvalue weighted by molar-refractivity contribution is 0.188. The quantitative estimate of drug-likeness (QED) is 0.814. The van der Waals surface area contributed by atoms with Crippen LogP contribution < -0.4 is 5.32 Å². The number of rotatable bonds is 5. The summed E-state index contributed by atoms with van der Waals surface area (Å²) in [6.07, 6.45) is 8.51. The van der Waals surface area contributed by atoms with E-state index in [2.05, 4.69) is 20.3 Å². The largest absolute Gasteiger partial charge is 0.383 e. The summed E-state index contributed by atoms with van der Waals surface area (Å²) in [6.45, 7) is 1.41. The molecule has 0 bridgehead atoms. The van der Waals surface area contributed by atoms with Crippen LogP contribution in [-0.2, 0) is 11.3 Å². The van der Waals surface area contributed by atoms with Crippen LogP contribution in [0, 0.1) is 0 Å². The van der Waals surface area contributed by atoms with Crippen LogP contribution in [0.4, 0.5) is 11.6 Å². The number of nitrogens with zero attached hydrogens (tertiary/aromatic N) is 4. The zero-order chi connectivity index (χ0) is 11.2. The molecule has 84 valence electrons. The van der Waals surface area contributed by atoms with Crippen LogP contribution in [0.25, 0.3) is 0 Å². The Morgan fingerprint density at radius 1 is 1.38 bits per heavy atom. The summed E-state index contributed by atoms with van der Waals surface area (Å²) < 4.78 is 6.99. The normalized spacial score (nSPS) is 10.3. The SMILES string of the molecule is COCCn1ccnc1Nc1cncnc1. The number of aromatic nitrogens is 4. The second-order valence-corrected chi connectivity index (χ2v) is 3.19. The lowest BCUT2D eigenvalue weighted by atomic mass is 10.5. The first-order valence-electron chi connectivity index (χ1n) is 4.92. The van der Waals surface area contributed by atoms with E-state index in [0.717, 1.165) is 18.2 Å². The van der Waals surface area contributed by atoms with Crippen LogP contribution in [0.2, 0.25) is 0 Å². The second kappa shape index (κ2) is 5.22. The average Bonchev–Trinajstić information content (AvgIpc) is 2.75. The fourth-order valence-corrected chi connectivity index (χ4v) is 1.30. The van der Waals surface area contributed by atoms with Gasteiger partial charge >= 0.3 is 0 Å². The van der Waals surface area contributed by atoms with Gasteiger partial charge in [-0.1, -0.05) is 0 Å². The van der Waals surface area contributed by atoms with Crippen molar-refractivity contribution in [1.29, 1.82) is 0 Å². The van der Waals surface area contributed by atoms with Gasteiger partial charge in [-0.15, -0.1) is 0 Å². The lowest BCUT2D eigenvalue weighted by Crippen LogP contribution is -2.07. The number of anilines is 2. The number of methoxy groups -OCH3 is 1. The first kappa shape index (κ1) is 10.6. The van der Waals surface area contributed by atoms with E-state index in [1.807, 2.05) is 10.8 Å². The zero-order valence-electron chi connectivity index (χ0n) is 9.00. The number of hydrogen-bond donors (Lipinski definition) is 1. The maximum absolute atomic E-state index is 5.02. The molecule has 16 heavy (non-hydrogen) atoms. The molecule has 2 aromatic rings. The molecule has 0 amide bonds. The molecule has 0 spiro atoms. The Morgan fingerprint density at radius 2 is 2.19 bits per heavy atom. The number of nitrogens with one attached hydrogen (secondary N) is 1. The molecule has 0 saturated heterocycles. The van der Waals surface area contributed by atoms with Crippen molar-refractivity contribution in [2.75, 3.05) is 19.0 Å². The minimum Gasteiger partial charge on any atom is -0.383 e. The van der Waals surface area contributed by atoms with Gasteiger partial charge in [0.2, 0.25) is 5.95 Å². The maximum Gasteiger partial charge on any atom is 0.207 e. The van der Waals surface area contributed by atoms with Gasteiger partial charge in [0, 0.05) is 26.0 Å². The fourth-order valence-electron chi connectivity index (χ4n) is 1.30. The Morgan fingerprint density at radius 3 is 2.94 bits per heavy atom. The molecule has 2 aromatic heterocycles. The van der Waals surface area contributed by atoms with Gasteiger partial charge in [0.1, 0.15) is 6.33 Å². The van der Waals surface area contributed by atoms with Crippen LogP contribution >= 0.6 is 0 Å². The highest BCUT2D eigenvalue weighted by molar-refractivity contribution is 5.50. The molecule has 0 unspecified atom stereocenters. The Kier molecular flexibility index (Phi) is 3.45. The predicted octanol–water partition coefficient (Wildman–Crippen LogP) is 1.06. The molecule has 6 heteroatoms. The molecule has 1 N–H and O–H groups in total. The van der Waals surface area contributed by atoms with E-state index in [1.165, 1.54) is 6.33 Å². The summed E-state index contributed by atoms with van der Waals surface area (Å²) in [6, 6.07) is 0. The van der Waals surface area contributed by atoms with Crippen LogP contribution in [0.3, 0.4) is 0 Å². The minimum atomic E-state index is 0.649. The topological polar surface area (TPSA) is 64.9 Å².